The minimum absolute atomic E-state index is 0.00743. The van der Waals surface area contributed by atoms with Crippen LogP contribution in [0.15, 0.2) is 18.2 Å². The van der Waals surface area contributed by atoms with Crippen LogP contribution in [-0.2, 0) is 0 Å². The number of hydrogen-bond acceptors (Lipinski definition) is 2. The second-order valence-corrected chi connectivity index (χ2v) is 6.21. The Morgan fingerprint density at radius 3 is 2.55 bits per heavy atom. The number of amides is 1. The molecule has 1 N–H and O–H groups in total. The molecule has 3 heteroatoms. The van der Waals surface area contributed by atoms with E-state index in [9.17, 15) is 4.79 Å². The fraction of sp³-hybridized carbons (Fsp3) is 0.471. The lowest BCUT2D eigenvalue weighted by atomic mass is 9.96. The van der Waals surface area contributed by atoms with E-state index in [1.807, 2.05) is 26.1 Å². The highest BCUT2D eigenvalue weighted by Gasteiger charge is 2.19. The topological polar surface area (TPSA) is 40.5 Å². The Bertz CT molecular complexity index is 544. The second kappa shape index (κ2) is 6.58. The molecule has 1 amide bonds. The number of aliphatic hydroxyl groups excluding tert-OH is 1. The van der Waals surface area contributed by atoms with Crippen LogP contribution in [0.2, 0.25) is 0 Å². The van der Waals surface area contributed by atoms with Gasteiger partial charge in [0.1, 0.15) is 6.61 Å². The molecule has 0 fully saturated rings. The minimum Gasteiger partial charge on any atom is -0.384 e. The molecule has 3 nitrogen and oxygen atoms in total. The highest BCUT2D eigenvalue weighted by molar-refractivity contribution is 5.94. The number of carbonyl (C=O) groups is 1. The van der Waals surface area contributed by atoms with Crippen molar-refractivity contribution < 1.29 is 9.90 Å². The minimum atomic E-state index is -0.179. The summed E-state index contributed by atoms with van der Waals surface area (Å²) in [6.45, 7) is 8.76. The van der Waals surface area contributed by atoms with Gasteiger partial charge in [-0.3, -0.25) is 4.79 Å². The summed E-state index contributed by atoms with van der Waals surface area (Å²) in [7, 11) is 1.81. The summed E-state index contributed by atoms with van der Waals surface area (Å²) in [5.41, 5.74) is 2.48. The van der Waals surface area contributed by atoms with Crippen molar-refractivity contribution in [3.63, 3.8) is 0 Å². The SMILES string of the molecule is Cc1ccc(C(=O)N(C)CC(C)(C)C)cc1C#CCO. The highest BCUT2D eigenvalue weighted by atomic mass is 16.2. The number of aryl methyl sites for hydroxylation is 1. The number of rotatable bonds is 2. The van der Waals surface area contributed by atoms with Crippen molar-refractivity contribution in [2.45, 2.75) is 27.7 Å². The van der Waals surface area contributed by atoms with Crippen molar-refractivity contribution in [2.24, 2.45) is 5.41 Å². The van der Waals surface area contributed by atoms with Gasteiger partial charge in [-0.1, -0.05) is 38.7 Å². The molecule has 0 aliphatic carbocycles. The van der Waals surface area contributed by atoms with Gasteiger partial charge in [0.2, 0.25) is 0 Å². The Hall–Kier alpha value is -1.79. The zero-order valence-electron chi connectivity index (χ0n) is 12.9. The molecule has 0 aliphatic heterocycles. The largest absolute Gasteiger partial charge is 0.384 e. The first kappa shape index (κ1) is 16.3. The van der Waals surface area contributed by atoms with Crippen LogP contribution < -0.4 is 0 Å². The van der Waals surface area contributed by atoms with Crippen LogP contribution in [0.5, 0.6) is 0 Å². The van der Waals surface area contributed by atoms with E-state index in [-0.39, 0.29) is 17.9 Å². The first-order valence-corrected chi connectivity index (χ1v) is 6.70. The predicted molar refractivity (Wildman–Crippen MR) is 81.6 cm³/mol. The fourth-order valence-electron chi connectivity index (χ4n) is 2.03. The Morgan fingerprint density at radius 2 is 2.00 bits per heavy atom. The predicted octanol–water partition coefficient (Wildman–Crippen LogP) is 2.46. The van der Waals surface area contributed by atoms with Crippen LogP contribution in [0.3, 0.4) is 0 Å². The Labute approximate surface area is 121 Å². The molecular weight excluding hydrogens is 250 g/mol. The quantitative estimate of drug-likeness (QED) is 0.841. The Morgan fingerprint density at radius 1 is 1.35 bits per heavy atom. The second-order valence-electron chi connectivity index (χ2n) is 6.21. The fourth-order valence-corrected chi connectivity index (χ4v) is 2.03. The molecule has 0 aliphatic rings. The van der Waals surface area contributed by atoms with E-state index in [1.54, 1.807) is 11.0 Å². The number of aliphatic hydroxyl groups is 1. The average Bonchev–Trinajstić information content (AvgIpc) is 2.35. The third-order valence-electron chi connectivity index (χ3n) is 2.84. The van der Waals surface area contributed by atoms with E-state index in [0.29, 0.717) is 12.1 Å². The lowest BCUT2D eigenvalue weighted by Gasteiger charge is -2.26. The summed E-state index contributed by atoms with van der Waals surface area (Å²) < 4.78 is 0. The molecule has 0 spiro atoms. The molecule has 0 saturated carbocycles. The molecule has 0 aromatic heterocycles. The smallest absolute Gasteiger partial charge is 0.253 e. The van der Waals surface area contributed by atoms with Crippen molar-refractivity contribution in [2.75, 3.05) is 20.2 Å². The molecule has 20 heavy (non-hydrogen) atoms. The average molecular weight is 273 g/mol. The molecule has 0 heterocycles. The Kier molecular flexibility index (Phi) is 5.35. The van der Waals surface area contributed by atoms with Crippen LogP contribution in [0, 0.1) is 24.2 Å². The zero-order chi connectivity index (χ0) is 15.3. The molecule has 0 unspecified atom stereocenters. The van der Waals surface area contributed by atoms with Crippen LogP contribution in [0.1, 0.15) is 42.3 Å². The summed E-state index contributed by atoms with van der Waals surface area (Å²) in [4.78, 5) is 14.1. The molecule has 0 atom stereocenters. The first-order chi connectivity index (χ1) is 9.24. The maximum atomic E-state index is 12.4. The lowest BCUT2D eigenvalue weighted by Crippen LogP contribution is -2.34. The van der Waals surface area contributed by atoms with Gasteiger partial charge in [0.05, 0.1) is 0 Å². The van der Waals surface area contributed by atoms with Gasteiger partial charge in [-0.25, -0.2) is 0 Å². The molecule has 1 aromatic rings. The normalized spacial score (nSPS) is 10.7. The van der Waals surface area contributed by atoms with Gasteiger partial charge in [-0.05, 0) is 30.0 Å². The van der Waals surface area contributed by atoms with Crippen LogP contribution in [0.4, 0.5) is 0 Å². The van der Waals surface area contributed by atoms with E-state index in [1.165, 1.54) is 0 Å². The Balaban J connectivity index is 2.99. The van der Waals surface area contributed by atoms with E-state index in [0.717, 1.165) is 11.1 Å². The van der Waals surface area contributed by atoms with Crippen molar-refractivity contribution >= 4 is 5.91 Å². The molecule has 1 aromatic carbocycles. The van der Waals surface area contributed by atoms with Crippen LogP contribution >= 0.6 is 0 Å². The molecule has 108 valence electrons. The van der Waals surface area contributed by atoms with Gasteiger partial charge in [0.25, 0.3) is 5.91 Å². The van der Waals surface area contributed by atoms with Gasteiger partial charge in [0.15, 0.2) is 0 Å². The maximum Gasteiger partial charge on any atom is 0.253 e. The van der Waals surface area contributed by atoms with E-state index in [4.69, 9.17) is 5.11 Å². The summed E-state index contributed by atoms with van der Waals surface area (Å²) in [5.74, 6) is 5.49. The number of nitrogens with zero attached hydrogens (tertiary/aromatic N) is 1. The number of benzene rings is 1. The summed E-state index contributed by atoms with van der Waals surface area (Å²) in [6.07, 6.45) is 0. The molecular formula is C17H23NO2. The van der Waals surface area contributed by atoms with E-state index in [2.05, 4.69) is 32.6 Å². The van der Waals surface area contributed by atoms with Gasteiger partial charge >= 0.3 is 0 Å². The summed E-state index contributed by atoms with van der Waals surface area (Å²) in [6, 6.07) is 5.50. The molecule has 1 rings (SSSR count). The highest BCUT2D eigenvalue weighted by Crippen LogP contribution is 2.17. The van der Waals surface area contributed by atoms with Gasteiger partial charge in [-0.15, -0.1) is 0 Å². The molecule has 0 bridgehead atoms. The number of carbonyl (C=O) groups excluding carboxylic acids is 1. The van der Waals surface area contributed by atoms with Gasteiger partial charge in [-0.2, -0.15) is 0 Å². The van der Waals surface area contributed by atoms with E-state index < -0.39 is 0 Å². The zero-order valence-corrected chi connectivity index (χ0v) is 12.9. The van der Waals surface area contributed by atoms with Gasteiger partial charge in [0, 0.05) is 24.7 Å². The third-order valence-corrected chi connectivity index (χ3v) is 2.84. The molecule has 0 saturated heterocycles. The monoisotopic (exact) mass is 273 g/mol. The number of hydrogen-bond donors (Lipinski definition) is 1. The van der Waals surface area contributed by atoms with Gasteiger partial charge < -0.3 is 10.0 Å². The lowest BCUT2D eigenvalue weighted by molar-refractivity contribution is 0.0745. The summed E-state index contributed by atoms with van der Waals surface area (Å²) in [5, 5.41) is 8.76. The van der Waals surface area contributed by atoms with Crippen molar-refractivity contribution in [3.05, 3.63) is 34.9 Å². The van der Waals surface area contributed by atoms with Crippen molar-refractivity contribution in [3.8, 4) is 11.8 Å². The third kappa shape index (κ3) is 4.71. The first-order valence-electron chi connectivity index (χ1n) is 6.70. The maximum absolute atomic E-state index is 12.4. The van der Waals surface area contributed by atoms with E-state index >= 15 is 0 Å². The standard InChI is InChI=1S/C17H23NO2/c1-13-8-9-15(11-14(13)7-6-10-19)16(20)18(5)12-17(2,3)4/h8-9,11,19H,10,12H2,1-5H3. The summed E-state index contributed by atoms with van der Waals surface area (Å²) >= 11 is 0. The van der Waals surface area contributed by atoms with Crippen molar-refractivity contribution in [1.82, 2.24) is 4.90 Å². The van der Waals surface area contributed by atoms with Crippen LogP contribution in [0.25, 0.3) is 0 Å². The van der Waals surface area contributed by atoms with Crippen LogP contribution in [-0.4, -0.2) is 36.1 Å². The van der Waals surface area contributed by atoms with Crippen molar-refractivity contribution in [1.29, 1.82) is 0 Å². The molecule has 0 radical (unpaired) electrons.